The maximum Gasteiger partial charge on any atom is 0.391 e. The normalized spacial score (nSPS) is 16.6. The van der Waals surface area contributed by atoms with E-state index >= 15 is 0 Å². The molecule has 0 saturated heterocycles. The molecule has 0 heterocycles. The average molecular weight is 160 g/mol. The second-order valence-corrected chi connectivity index (χ2v) is 1.74. The van der Waals surface area contributed by atoms with Gasteiger partial charge in [0.1, 0.15) is 0 Å². The predicted octanol–water partition coefficient (Wildman–Crippen LogP) is 1.41. The molecule has 1 unspecified atom stereocenters. The molecule has 0 aliphatic heterocycles. The van der Waals surface area contributed by atoms with Crippen molar-refractivity contribution in [3.05, 3.63) is 0 Å². The van der Waals surface area contributed by atoms with Crippen molar-refractivity contribution in [2.75, 3.05) is 0 Å². The Morgan fingerprint density at radius 3 is 2.10 bits per heavy atom. The van der Waals surface area contributed by atoms with E-state index < -0.39 is 18.1 Å². The van der Waals surface area contributed by atoms with E-state index in [4.69, 9.17) is 0 Å². The number of carbonyl (C=O) groups is 1. The maximum absolute atomic E-state index is 12.1. The summed E-state index contributed by atoms with van der Waals surface area (Å²) in [7, 11) is 0. The fourth-order valence-corrected chi connectivity index (χ4v) is 0.165. The molecule has 0 amide bonds. The minimum atomic E-state index is -3.59. The van der Waals surface area contributed by atoms with Gasteiger partial charge in [0.25, 0.3) is 12.1 Å². The summed E-state index contributed by atoms with van der Waals surface area (Å²) < 4.78 is 45.8. The number of rotatable bonds is 2. The van der Waals surface area contributed by atoms with E-state index in [0.717, 1.165) is 0 Å². The van der Waals surface area contributed by atoms with Crippen molar-refractivity contribution in [3.8, 4) is 0 Å². The highest BCUT2D eigenvalue weighted by atomic mass is 19.3. The highest BCUT2D eigenvalue weighted by Crippen LogP contribution is 2.21. The zero-order chi connectivity index (χ0) is 8.36. The third-order valence-electron chi connectivity index (χ3n) is 0.879. The van der Waals surface area contributed by atoms with Crippen LogP contribution in [0.3, 0.4) is 0 Å². The molecule has 2 nitrogen and oxygen atoms in total. The molecule has 60 valence electrons. The van der Waals surface area contributed by atoms with Gasteiger partial charge in [-0.1, -0.05) is 0 Å². The summed E-state index contributed by atoms with van der Waals surface area (Å²) in [5.41, 5.74) is -3.56. The van der Waals surface area contributed by atoms with Crippen molar-refractivity contribution in [2.24, 2.45) is 0 Å². The Hall–Kier alpha value is -0.810. The van der Waals surface area contributed by atoms with Gasteiger partial charge in [0.05, 0.1) is 0 Å². The molecule has 0 aromatic heterocycles. The summed E-state index contributed by atoms with van der Waals surface area (Å²) in [5.74, 6) is -2.22. The van der Waals surface area contributed by atoms with Gasteiger partial charge in [-0.25, -0.2) is 18.0 Å². The van der Waals surface area contributed by atoms with Crippen molar-refractivity contribution in [2.45, 2.75) is 19.0 Å². The number of carbonyl (C=O) groups excluding carboxylic acids is 1. The van der Waals surface area contributed by atoms with Crippen LogP contribution in [0, 0.1) is 0 Å². The van der Waals surface area contributed by atoms with E-state index in [1.54, 1.807) is 0 Å². The van der Waals surface area contributed by atoms with E-state index in [1.807, 2.05) is 0 Å². The zero-order valence-electron chi connectivity index (χ0n) is 4.91. The van der Waals surface area contributed by atoms with Gasteiger partial charge in [-0.05, 0) is 6.92 Å². The lowest BCUT2D eigenvalue weighted by Gasteiger charge is -2.12. The first-order valence-electron chi connectivity index (χ1n) is 2.23. The van der Waals surface area contributed by atoms with Crippen molar-refractivity contribution in [1.29, 1.82) is 0 Å². The lowest BCUT2D eigenvalue weighted by molar-refractivity contribution is -0.206. The molecule has 0 saturated carbocycles. The van der Waals surface area contributed by atoms with Crippen LogP contribution in [0.5, 0.6) is 0 Å². The molecule has 0 spiro atoms. The smallest absolute Gasteiger partial charge is 0.251 e. The van der Waals surface area contributed by atoms with Crippen LogP contribution in [0.2, 0.25) is 0 Å². The Morgan fingerprint density at radius 2 is 2.00 bits per heavy atom. The standard InChI is InChI=1S/C4H4F4O2/c1-4(7,2(5)6)3(9)10-8/h2H,1H3. The average Bonchev–Trinajstić information content (AvgIpc) is 1.86. The van der Waals surface area contributed by atoms with Crippen molar-refractivity contribution in [3.63, 3.8) is 0 Å². The van der Waals surface area contributed by atoms with Crippen molar-refractivity contribution in [1.82, 2.24) is 0 Å². The quantitative estimate of drug-likeness (QED) is 0.571. The molecule has 0 N–H and O–H groups in total. The van der Waals surface area contributed by atoms with Crippen molar-refractivity contribution < 1.29 is 27.4 Å². The Labute approximate surface area is 53.7 Å². The Morgan fingerprint density at radius 1 is 1.60 bits per heavy atom. The molecular weight excluding hydrogens is 156 g/mol. The molecule has 0 fully saturated rings. The van der Waals surface area contributed by atoms with E-state index in [0.29, 0.717) is 0 Å². The summed E-state index contributed by atoms with van der Waals surface area (Å²) in [6.45, 7) is 0.236. The third-order valence-corrected chi connectivity index (χ3v) is 0.879. The van der Waals surface area contributed by atoms with Gasteiger partial charge in [0, 0.05) is 4.53 Å². The first-order chi connectivity index (χ1) is 4.42. The highest BCUT2D eigenvalue weighted by molar-refractivity contribution is 5.78. The van der Waals surface area contributed by atoms with E-state index in [1.165, 1.54) is 0 Å². The van der Waals surface area contributed by atoms with E-state index in [9.17, 15) is 22.5 Å². The molecule has 0 aliphatic carbocycles. The lowest BCUT2D eigenvalue weighted by Crippen LogP contribution is -2.38. The van der Waals surface area contributed by atoms with Gasteiger partial charge in [0.2, 0.25) is 0 Å². The van der Waals surface area contributed by atoms with Gasteiger partial charge in [-0.15, -0.1) is 0 Å². The molecule has 0 radical (unpaired) electrons. The number of hydrogen-bond acceptors (Lipinski definition) is 2. The van der Waals surface area contributed by atoms with E-state index in [2.05, 4.69) is 4.94 Å². The Balaban J connectivity index is 4.24. The molecule has 0 rings (SSSR count). The summed E-state index contributed by atoms with van der Waals surface area (Å²) in [4.78, 5) is 12.1. The Kier molecular flexibility index (Phi) is 2.62. The van der Waals surface area contributed by atoms with Gasteiger partial charge in [0.15, 0.2) is 0 Å². The van der Waals surface area contributed by atoms with Crippen LogP contribution in [-0.4, -0.2) is 18.1 Å². The predicted molar refractivity (Wildman–Crippen MR) is 22.7 cm³/mol. The van der Waals surface area contributed by atoms with Crippen LogP contribution in [0.1, 0.15) is 6.92 Å². The monoisotopic (exact) mass is 160 g/mol. The molecule has 0 bridgehead atoms. The Bertz CT molecular complexity index is 133. The molecule has 0 aromatic rings. The number of alkyl halides is 3. The topological polar surface area (TPSA) is 26.3 Å². The highest BCUT2D eigenvalue weighted by Gasteiger charge is 2.45. The maximum atomic E-state index is 12.1. The van der Waals surface area contributed by atoms with Gasteiger partial charge < -0.3 is 0 Å². The van der Waals surface area contributed by atoms with Crippen molar-refractivity contribution >= 4 is 5.97 Å². The SMILES string of the molecule is CC(F)(C(=O)OF)C(F)F. The van der Waals surface area contributed by atoms with Crippen LogP contribution >= 0.6 is 0 Å². The molecular formula is C4H4F4O2. The van der Waals surface area contributed by atoms with Crippen LogP contribution in [0.4, 0.5) is 17.7 Å². The largest absolute Gasteiger partial charge is 0.391 e. The molecule has 0 aliphatic rings. The van der Waals surface area contributed by atoms with Gasteiger partial charge in [-0.3, -0.25) is 4.94 Å². The first kappa shape index (κ1) is 9.19. The molecule has 1 atom stereocenters. The third kappa shape index (κ3) is 1.58. The van der Waals surface area contributed by atoms with Gasteiger partial charge in [-0.2, -0.15) is 0 Å². The van der Waals surface area contributed by atoms with Crippen LogP contribution < -0.4 is 0 Å². The van der Waals surface area contributed by atoms with E-state index in [-0.39, 0.29) is 6.92 Å². The minimum Gasteiger partial charge on any atom is -0.251 e. The van der Waals surface area contributed by atoms with Gasteiger partial charge >= 0.3 is 5.97 Å². The van der Waals surface area contributed by atoms with Crippen LogP contribution in [-0.2, 0) is 9.74 Å². The first-order valence-corrected chi connectivity index (χ1v) is 2.23. The molecule has 10 heavy (non-hydrogen) atoms. The fourth-order valence-electron chi connectivity index (χ4n) is 0.165. The fraction of sp³-hybridized carbons (Fsp3) is 0.750. The summed E-state index contributed by atoms with van der Waals surface area (Å²) in [6.07, 6.45) is -3.59. The molecule has 6 heteroatoms. The second kappa shape index (κ2) is 2.85. The van der Waals surface area contributed by atoms with Crippen LogP contribution in [0.25, 0.3) is 0 Å². The summed E-state index contributed by atoms with van der Waals surface area (Å²) in [5, 5.41) is 0. The number of hydrogen-bond donors (Lipinski definition) is 0. The minimum absolute atomic E-state index is 0.236. The second-order valence-electron chi connectivity index (χ2n) is 1.74. The zero-order valence-corrected chi connectivity index (χ0v) is 4.91. The summed E-state index contributed by atoms with van der Waals surface area (Å²) >= 11 is 0. The number of halogens is 4. The molecule has 0 aromatic carbocycles. The summed E-state index contributed by atoms with van der Waals surface area (Å²) in [6, 6.07) is 0. The lowest BCUT2D eigenvalue weighted by atomic mass is 10.1. The van der Waals surface area contributed by atoms with Crippen LogP contribution in [0.15, 0.2) is 0 Å².